The number of pyridine rings is 1. The lowest BCUT2D eigenvalue weighted by molar-refractivity contribution is 0.201. The van der Waals surface area contributed by atoms with Gasteiger partial charge in [-0.05, 0) is 70.3 Å². The predicted molar refractivity (Wildman–Crippen MR) is 145 cm³/mol. The highest BCUT2D eigenvalue weighted by molar-refractivity contribution is 6.31. The second kappa shape index (κ2) is 8.56. The number of nitrogens with zero attached hydrogens (tertiary/aromatic N) is 7. The number of aromatic amines is 1. The Balaban J connectivity index is 1.24. The van der Waals surface area contributed by atoms with E-state index >= 15 is 0 Å². The number of rotatable bonds is 4. The molecular weight excluding hydrogens is 502 g/mol. The van der Waals surface area contributed by atoms with E-state index in [-0.39, 0.29) is 23.7 Å². The molecule has 11 heteroatoms. The molecule has 0 saturated carbocycles. The zero-order valence-corrected chi connectivity index (χ0v) is 21.5. The smallest absolute Gasteiger partial charge is 0.251 e. The normalized spacial score (nSPS) is 20.6. The quantitative estimate of drug-likeness (QED) is 0.369. The Bertz CT molecular complexity index is 1770. The highest BCUT2D eigenvalue weighted by Crippen LogP contribution is 2.38. The molecule has 0 fully saturated rings. The molecule has 5 heterocycles. The van der Waals surface area contributed by atoms with E-state index in [4.69, 9.17) is 11.6 Å². The number of hydrogen-bond donors (Lipinski definition) is 2. The number of nitrogens with one attached hydrogen (secondary N) is 2. The van der Waals surface area contributed by atoms with Crippen molar-refractivity contribution < 1.29 is 0 Å². The summed E-state index contributed by atoms with van der Waals surface area (Å²) in [7, 11) is 2.05. The van der Waals surface area contributed by atoms with Crippen molar-refractivity contribution in [3.8, 4) is 16.8 Å². The summed E-state index contributed by atoms with van der Waals surface area (Å²) in [6.45, 7) is 2.20. The lowest BCUT2D eigenvalue weighted by Gasteiger charge is -2.31. The van der Waals surface area contributed by atoms with E-state index in [9.17, 15) is 4.79 Å². The van der Waals surface area contributed by atoms with Crippen molar-refractivity contribution in [3.05, 3.63) is 93.9 Å². The van der Waals surface area contributed by atoms with Crippen molar-refractivity contribution in [2.75, 3.05) is 7.05 Å². The summed E-state index contributed by atoms with van der Waals surface area (Å²) in [5, 5.41) is 24.0. The number of H-pyrrole nitrogens is 1. The summed E-state index contributed by atoms with van der Waals surface area (Å²) >= 11 is 6.35. The van der Waals surface area contributed by atoms with Gasteiger partial charge in [0.15, 0.2) is 0 Å². The maximum absolute atomic E-state index is 13.7. The first-order valence-corrected chi connectivity index (χ1v) is 12.8. The zero-order chi connectivity index (χ0) is 26.0. The second-order valence-electron chi connectivity index (χ2n) is 10.0. The highest BCUT2D eigenvalue weighted by Gasteiger charge is 2.40. The first-order chi connectivity index (χ1) is 18.5. The number of hydrogen-bond acceptors (Lipinski definition) is 7. The van der Waals surface area contributed by atoms with E-state index < -0.39 is 0 Å². The molecule has 7 rings (SSSR count). The molecule has 3 atom stereocenters. The van der Waals surface area contributed by atoms with Gasteiger partial charge in [-0.25, -0.2) is 0 Å². The molecule has 0 saturated heterocycles. The Morgan fingerprint density at radius 3 is 2.82 bits per heavy atom. The molecule has 2 N–H and O–H groups in total. The molecule has 2 aliphatic rings. The number of tetrazole rings is 1. The van der Waals surface area contributed by atoms with Crippen molar-refractivity contribution in [2.45, 2.75) is 25.6 Å². The number of fused-ring (bicyclic) bond motifs is 2. The van der Waals surface area contributed by atoms with Crippen LogP contribution < -0.4 is 10.9 Å². The third kappa shape index (κ3) is 3.59. The molecule has 5 aromatic rings. The van der Waals surface area contributed by atoms with Crippen LogP contribution in [0.3, 0.4) is 0 Å². The summed E-state index contributed by atoms with van der Waals surface area (Å²) in [5.41, 5.74) is 6.41. The van der Waals surface area contributed by atoms with Crippen molar-refractivity contribution in [3.63, 3.8) is 0 Å². The van der Waals surface area contributed by atoms with Crippen LogP contribution in [0, 0.1) is 5.92 Å². The van der Waals surface area contributed by atoms with Crippen LogP contribution in [0.25, 0.3) is 33.4 Å². The fourth-order valence-electron chi connectivity index (χ4n) is 5.83. The van der Waals surface area contributed by atoms with Gasteiger partial charge in [0.1, 0.15) is 12.5 Å². The van der Waals surface area contributed by atoms with E-state index in [2.05, 4.69) is 74.3 Å². The Labute approximate surface area is 222 Å². The first-order valence-electron chi connectivity index (χ1n) is 12.4. The van der Waals surface area contributed by atoms with Crippen molar-refractivity contribution in [1.29, 1.82) is 0 Å². The molecule has 190 valence electrons. The molecule has 0 amide bonds. The molecule has 3 aromatic heterocycles. The average Bonchev–Trinajstić information content (AvgIpc) is 3.70. The topological polar surface area (TPSA) is 110 Å². The van der Waals surface area contributed by atoms with Gasteiger partial charge in [0.25, 0.3) is 5.56 Å². The van der Waals surface area contributed by atoms with Gasteiger partial charge in [0.05, 0.1) is 29.1 Å². The van der Waals surface area contributed by atoms with E-state index in [1.807, 2.05) is 29.0 Å². The maximum Gasteiger partial charge on any atom is 0.251 e. The molecule has 1 unspecified atom stereocenters. The van der Waals surface area contributed by atoms with Crippen molar-refractivity contribution >= 4 is 28.2 Å². The standard InChI is InChI=1S/C27H24ClN9O/c1-15-7-20-9-17(21-11-19(28)4-6-24(21)36-14-30-33-34-36)10-25(38)37(20)26(15)27-31-23(13-35(27)2)16-3-5-22-18(8-16)12-29-32-22/h3-6,8-15,26-27,31H,7H2,1-2H3,(H,29,32)/t15-,26-,27?/m0/s1. The first kappa shape index (κ1) is 22.7. The summed E-state index contributed by atoms with van der Waals surface area (Å²) in [4.78, 5) is 15.8. The van der Waals surface area contributed by atoms with Crippen molar-refractivity contribution in [2.24, 2.45) is 5.92 Å². The Morgan fingerprint density at radius 1 is 1.08 bits per heavy atom. The monoisotopic (exact) mass is 525 g/mol. The van der Waals surface area contributed by atoms with Gasteiger partial charge in [-0.3, -0.25) is 9.89 Å². The van der Waals surface area contributed by atoms with Crippen LogP contribution in [0.2, 0.25) is 5.02 Å². The van der Waals surface area contributed by atoms with E-state index in [0.717, 1.165) is 51.1 Å². The summed E-state index contributed by atoms with van der Waals surface area (Å²) < 4.78 is 3.52. The minimum Gasteiger partial charge on any atom is -0.362 e. The minimum atomic E-state index is -0.0622. The van der Waals surface area contributed by atoms with Gasteiger partial charge in [0.2, 0.25) is 0 Å². The molecule has 10 nitrogen and oxygen atoms in total. The van der Waals surface area contributed by atoms with E-state index in [1.165, 1.54) is 6.33 Å². The van der Waals surface area contributed by atoms with Crippen LogP contribution in [0.4, 0.5) is 0 Å². The average molecular weight is 526 g/mol. The highest BCUT2D eigenvalue weighted by atomic mass is 35.5. The maximum atomic E-state index is 13.7. The van der Waals surface area contributed by atoms with Crippen molar-refractivity contribution in [1.82, 2.24) is 45.2 Å². The van der Waals surface area contributed by atoms with Gasteiger partial charge in [-0.15, -0.1) is 5.10 Å². The Kier molecular flexibility index (Phi) is 5.12. The van der Waals surface area contributed by atoms with E-state index in [0.29, 0.717) is 5.02 Å². The molecule has 0 spiro atoms. The van der Waals surface area contributed by atoms with Crippen LogP contribution in [-0.2, 0) is 6.42 Å². The molecule has 2 aromatic carbocycles. The largest absolute Gasteiger partial charge is 0.362 e. The lowest BCUT2D eigenvalue weighted by Crippen LogP contribution is -2.45. The number of aromatic nitrogens is 7. The SMILES string of the molecule is C[C@H]1Cc2cc(-c3cc(Cl)ccc3-n3cnnn3)cc(=O)n2[C@@H]1C1NC(c2ccc3[nH]ncc3c2)=CN1C. The van der Waals surface area contributed by atoms with Gasteiger partial charge in [-0.1, -0.05) is 24.6 Å². The minimum absolute atomic E-state index is 0.0405. The van der Waals surface area contributed by atoms with Crippen LogP contribution in [-0.4, -0.2) is 53.1 Å². The van der Waals surface area contributed by atoms with Gasteiger partial charge in [-0.2, -0.15) is 9.78 Å². The lowest BCUT2D eigenvalue weighted by atomic mass is 9.98. The molecule has 2 aliphatic heterocycles. The third-order valence-electron chi connectivity index (χ3n) is 7.58. The Morgan fingerprint density at radius 2 is 1.97 bits per heavy atom. The summed E-state index contributed by atoms with van der Waals surface area (Å²) in [5.74, 6) is 0.250. The fourth-order valence-corrected chi connectivity index (χ4v) is 6.00. The molecule has 38 heavy (non-hydrogen) atoms. The van der Waals surface area contributed by atoms with Gasteiger partial charge < -0.3 is 14.8 Å². The number of benzene rings is 2. The number of likely N-dealkylation sites (N-methyl/N-ethyl adjacent to an activating group) is 1. The van der Waals surface area contributed by atoms with Crippen LogP contribution in [0.15, 0.2) is 72.0 Å². The molecule has 0 aliphatic carbocycles. The third-order valence-corrected chi connectivity index (χ3v) is 7.81. The van der Waals surface area contributed by atoms with Gasteiger partial charge >= 0.3 is 0 Å². The molecule has 0 bridgehead atoms. The zero-order valence-electron chi connectivity index (χ0n) is 20.7. The van der Waals surface area contributed by atoms with Crippen LogP contribution >= 0.6 is 11.6 Å². The summed E-state index contributed by atoms with van der Waals surface area (Å²) in [6, 6.07) is 15.5. The second-order valence-corrected chi connectivity index (χ2v) is 10.4. The fraction of sp³-hybridized carbons (Fsp3) is 0.222. The van der Waals surface area contributed by atoms with Gasteiger partial charge in [0, 0.05) is 41.0 Å². The predicted octanol–water partition coefficient (Wildman–Crippen LogP) is 3.61. The van der Waals surface area contributed by atoms with E-state index in [1.54, 1.807) is 16.8 Å². The molecule has 0 radical (unpaired) electrons. The van der Waals surface area contributed by atoms with Crippen LogP contribution in [0.5, 0.6) is 0 Å². The Hall–Kier alpha value is -4.44. The molecular formula is C27H24ClN9O. The van der Waals surface area contributed by atoms with Crippen LogP contribution in [0.1, 0.15) is 24.2 Å². The summed E-state index contributed by atoms with van der Waals surface area (Å²) in [6.07, 6.45) is 6.19. The number of halogens is 1.